The topological polar surface area (TPSA) is 18.5 Å². The maximum absolute atomic E-state index is 13.8. The van der Waals surface area contributed by atoms with Crippen LogP contribution in [0.5, 0.6) is 0 Å². The van der Waals surface area contributed by atoms with Crippen molar-refractivity contribution in [2.24, 2.45) is 0 Å². The molecule has 3 nitrogen and oxygen atoms in total. The van der Waals surface area contributed by atoms with Crippen molar-refractivity contribution in [1.82, 2.24) is 15.1 Å². The Morgan fingerprint density at radius 3 is 2.75 bits per heavy atom. The highest BCUT2D eigenvalue weighted by molar-refractivity contribution is 5.20. The molecule has 1 aromatic rings. The van der Waals surface area contributed by atoms with Crippen LogP contribution in [0, 0.1) is 11.6 Å². The lowest BCUT2D eigenvalue weighted by atomic mass is 9.96. The first-order chi connectivity index (χ1) is 9.51. The third kappa shape index (κ3) is 3.53. The first-order valence-electron chi connectivity index (χ1n) is 7.01. The molecule has 20 heavy (non-hydrogen) atoms. The van der Waals surface area contributed by atoms with E-state index in [4.69, 9.17) is 0 Å². The average Bonchev–Trinajstić information content (AvgIpc) is 2.42. The van der Waals surface area contributed by atoms with E-state index in [1.165, 1.54) is 12.1 Å². The van der Waals surface area contributed by atoms with E-state index in [9.17, 15) is 8.78 Å². The van der Waals surface area contributed by atoms with Gasteiger partial charge < -0.3 is 10.2 Å². The zero-order valence-electron chi connectivity index (χ0n) is 12.4. The minimum Gasteiger partial charge on any atom is -0.315 e. The normalized spacial score (nSPS) is 22.9. The van der Waals surface area contributed by atoms with E-state index < -0.39 is 0 Å². The lowest BCUT2D eigenvalue weighted by Gasteiger charge is -2.42. The molecule has 0 saturated carbocycles. The molecule has 0 aromatic heterocycles. The summed E-state index contributed by atoms with van der Waals surface area (Å²) >= 11 is 0. The summed E-state index contributed by atoms with van der Waals surface area (Å²) in [5.74, 6) is -0.719. The summed E-state index contributed by atoms with van der Waals surface area (Å²) in [5, 5.41) is 3.26. The van der Waals surface area contributed by atoms with Crippen molar-refractivity contribution in [3.8, 4) is 0 Å². The van der Waals surface area contributed by atoms with Gasteiger partial charge in [-0.25, -0.2) is 8.78 Å². The van der Waals surface area contributed by atoms with Gasteiger partial charge in [0.15, 0.2) is 0 Å². The van der Waals surface area contributed by atoms with Crippen LogP contribution in [0.3, 0.4) is 0 Å². The minimum atomic E-state index is -0.384. The second kappa shape index (κ2) is 6.61. The van der Waals surface area contributed by atoms with Crippen LogP contribution in [-0.2, 0) is 6.42 Å². The van der Waals surface area contributed by atoms with Gasteiger partial charge in [0.2, 0.25) is 0 Å². The van der Waals surface area contributed by atoms with Crippen molar-refractivity contribution in [3.05, 3.63) is 35.4 Å². The highest BCUT2D eigenvalue weighted by atomic mass is 19.1. The number of likely N-dealkylation sites (N-methyl/N-ethyl adjacent to an activating group) is 3. The van der Waals surface area contributed by atoms with Crippen molar-refractivity contribution in [3.63, 3.8) is 0 Å². The standard InChI is InChI=1S/C15H23F2N3/c1-18-14(15-10-19(2)6-7-20(15)3)9-11-8-12(16)4-5-13(11)17/h4-5,8,14-15,18H,6-7,9-10H2,1-3H3. The molecular formula is C15H23F2N3. The number of halogens is 2. The lowest BCUT2D eigenvalue weighted by Crippen LogP contribution is -2.58. The lowest BCUT2D eigenvalue weighted by molar-refractivity contribution is 0.0895. The van der Waals surface area contributed by atoms with Crippen LogP contribution in [-0.4, -0.2) is 62.7 Å². The van der Waals surface area contributed by atoms with Gasteiger partial charge in [0, 0.05) is 31.7 Å². The van der Waals surface area contributed by atoms with Crippen LogP contribution in [0.4, 0.5) is 8.78 Å². The molecule has 0 spiro atoms. The molecule has 1 saturated heterocycles. The minimum absolute atomic E-state index is 0.0963. The van der Waals surface area contributed by atoms with Gasteiger partial charge in [-0.1, -0.05) is 0 Å². The molecule has 2 unspecified atom stereocenters. The highest BCUT2D eigenvalue weighted by Gasteiger charge is 2.29. The Hall–Kier alpha value is -1.04. The van der Waals surface area contributed by atoms with E-state index in [-0.39, 0.29) is 17.7 Å². The van der Waals surface area contributed by atoms with Gasteiger partial charge in [-0.3, -0.25) is 4.90 Å². The maximum Gasteiger partial charge on any atom is 0.126 e. The zero-order chi connectivity index (χ0) is 14.7. The van der Waals surface area contributed by atoms with E-state index in [0.717, 1.165) is 25.7 Å². The van der Waals surface area contributed by atoms with Crippen LogP contribution in [0.2, 0.25) is 0 Å². The van der Waals surface area contributed by atoms with Crippen molar-refractivity contribution >= 4 is 0 Å². The molecule has 112 valence electrons. The fourth-order valence-electron chi connectivity index (χ4n) is 2.85. The second-order valence-corrected chi connectivity index (χ2v) is 5.65. The maximum atomic E-state index is 13.8. The van der Waals surface area contributed by atoms with Crippen molar-refractivity contribution in [2.45, 2.75) is 18.5 Å². The summed E-state index contributed by atoms with van der Waals surface area (Å²) < 4.78 is 27.1. The number of hydrogen-bond acceptors (Lipinski definition) is 3. The second-order valence-electron chi connectivity index (χ2n) is 5.65. The summed E-state index contributed by atoms with van der Waals surface area (Å²) in [4.78, 5) is 4.56. The Bertz CT molecular complexity index is 453. The molecule has 5 heteroatoms. The summed E-state index contributed by atoms with van der Waals surface area (Å²) in [5.41, 5.74) is 0.436. The smallest absolute Gasteiger partial charge is 0.126 e. The first kappa shape index (κ1) is 15.4. The molecule has 1 N–H and O–H groups in total. The van der Waals surface area contributed by atoms with Gasteiger partial charge in [0.1, 0.15) is 11.6 Å². The van der Waals surface area contributed by atoms with E-state index in [1.54, 1.807) is 0 Å². The third-order valence-electron chi connectivity index (χ3n) is 4.18. The van der Waals surface area contributed by atoms with Crippen LogP contribution in [0.25, 0.3) is 0 Å². The largest absolute Gasteiger partial charge is 0.315 e. The molecule has 0 bridgehead atoms. The predicted molar refractivity (Wildman–Crippen MR) is 76.8 cm³/mol. The van der Waals surface area contributed by atoms with Gasteiger partial charge in [0.25, 0.3) is 0 Å². The Labute approximate surface area is 119 Å². The molecule has 1 aliphatic rings. The van der Waals surface area contributed by atoms with Crippen LogP contribution >= 0.6 is 0 Å². The third-order valence-corrected chi connectivity index (χ3v) is 4.18. The number of nitrogens with one attached hydrogen (secondary N) is 1. The van der Waals surface area contributed by atoms with E-state index in [1.807, 2.05) is 7.05 Å². The predicted octanol–water partition coefficient (Wildman–Crippen LogP) is 1.34. The average molecular weight is 283 g/mol. The van der Waals surface area contributed by atoms with Crippen LogP contribution in [0.15, 0.2) is 18.2 Å². The number of nitrogens with zero attached hydrogens (tertiary/aromatic N) is 2. The summed E-state index contributed by atoms with van der Waals surface area (Å²) in [6, 6.07) is 4.05. The molecular weight excluding hydrogens is 260 g/mol. The van der Waals surface area contributed by atoms with Crippen molar-refractivity contribution in [2.75, 3.05) is 40.8 Å². The first-order valence-corrected chi connectivity index (χ1v) is 7.01. The zero-order valence-corrected chi connectivity index (χ0v) is 12.4. The SMILES string of the molecule is CNC(Cc1cc(F)ccc1F)C1CN(C)CCN1C. The molecule has 2 atom stereocenters. The molecule has 0 radical (unpaired) electrons. The number of hydrogen-bond donors (Lipinski definition) is 1. The Morgan fingerprint density at radius 2 is 2.05 bits per heavy atom. The molecule has 0 aliphatic carbocycles. The van der Waals surface area contributed by atoms with Gasteiger partial charge >= 0.3 is 0 Å². The summed E-state index contributed by atoms with van der Waals surface area (Å²) in [6.07, 6.45) is 0.489. The van der Waals surface area contributed by atoms with E-state index >= 15 is 0 Å². The molecule has 1 fully saturated rings. The molecule has 2 rings (SSSR count). The van der Waals surface area contributed by atoms with Crippen molar-refractivity contribution < 1.29 is 8.78 Å². The van der Waals surface area contributed by atoms with Gasteiger partial charge in [0.05, 0.1) is 0 Å². The highest BCUT2D eigenvalue weighted by Crippen LogP contribution is 2.17. The molecule has 1 heterocycles. The van der Waals surface area contributed by atoms with Gasteiger partial charge in [-0.15, -0.1) is 0 Å². The fraction of sp³-hybridized carbons (Fsp3) is 0.600. The van der Waals surface area contributed by atoms with Crippen LogP contribution < -0.4 is 5.32 Å². The van der Waals surface area contributed by atoms with Crippen LogP contribution in [0.1, 0.15) is 5.56 Å². The number of piperazine rings is 1. The van der Waals surface area contributed by atoms with Gasteiger partial charge in [-0.05, 0) is 51.3 Å². The van der Waals surface area contributed by atoms with E-state index in [2.05, 4.69) is 29.2 Å². The van der Waals surface area contributed by atoms with E-state index in [0.29, 0.717) is 18.0 Å². The molecule has 1 aromatic carbocycles. The summed E-state index contributed by atoms with van der Waals surface area (Å²) in [7, 11) is 6.06. The van der Waals surface area contributed by atoms with Crippen molar-refractivity contribution in [1.29, 1.82) is 0 Å². The molecule has 1 aliphatic heterocycles. The Kier molecular flexibility index (Phi) is 5.07. The Morgan fingerprint density at radius 1 is 1.30 bits per heavy atom. The quantitative estimate of drug-likeness (QED) is 0.900. The summed E-state index contributed by atoms with van der Waals surface area (Å²) in [6.45, 7) is 2.96. The monoisotopic (exact) mass is 283 g/mol. The Balaban J connectivity index is 2.13. The van der Waals surface area contributed by atoms with Gasteiger partial charge in [-0.2, -0.15) is 0 Å². The fourth-order valence-corrected chi connectivity index (χ4v) is 2.85. The molecule has 0 amide bonds. The number of rotatable bonds is 4. The number of benzene rings is 1.